The Bertz CT molecular complexity index is 946. The average Bonchev–Trinajstić information content (AvgIpc) is 2.91. The van der Waals surface area contributed by atoms with E-state index in [4.69, 9.17) is 17.3 Å². The maximum absolute atomic E-state index is 12.6. The smallest absolute Gasteiger partial charge is 0.283 e. The van der Waals surface area contributed by atoms with Gasteiger partial charge in [0.15, 0.2) is 5.82 Å². The first kappa shape index (κ1) is 15.6. The highest BCUT2D eigenvalue weighted by molar-refractivity contribution is 7.89. The standard InChI is InChI=1S/C16H14ClN3O2S/c1-11-2-4-12(5-3-11)15-10-20(19-16(15)18)23(21,22)14-8-6-13(17)7-9-14/h2-10H,1H3,(H2,18,19). The van der Waals surface area contributed by atoms with E-state index in [1.165, 1.54) is 30.5 Å². The van der Waals surface area contributed by atoms with E-state index in [1.54, 1.807) is 0 Å². The number of halogens is 1. The van der Waals surface area contributed by atoms with Crippen LogP contribution in [0.4, 0.5) is 5.82 Å². The summed E-state index contributed by atoms with van der Waals surface area (Å²) in [7, 11) is -3.81. The van der Waals surface area contributed by atoms with Crippen LogP contribution in [0.3, 0.4) is 0 Å². The minimum Gasteiger partial charge on any atom is -0.382 e. The molecule has 0 amide bonds. The molecule has 0 bridgehead atoms. The third-order valence-corrected chi connectivity index (χ3v) is 5.24. The number of rotatable bonds is 3. The number of hydrogen-bond acceptors (Lipinski definition) is 4. The van der Waals surface area contributed by atoms with Crippen LogP contribution in [0.15, 0.2) is 59.6 Å². The molecule has 0 fully saturated rings. The van der Waals surface area contributed by atoms with Crippen molar-refractivity contribution >= 4 is 27.4 Å². The second kappa shape index (κ2) is 5.72. The molecule has 0 saturated carbocycles. The first-order valence-corrected chi connectivity index (χ1v) is 8.63. The lowest BCUT2D eigenvalue weighted by Gasteiger charge is -2.03. The number of nitrogens with two attached hydrogens (primary N) is 1. The van der Waals surface area contributed by atoms with Crippen LogP contribution < -0.4 is 5.73 Å². The Morgan fingerprint density at radius 3 is 2.26 bits per heavy atom. The monoisotopic (exact) mass is 347 g/mol. The molecule has 0 spiro atoms. The normalized spacial score (nSPS) is 11.6. The lowest BCUT2D eigenvalue weighted by Crippen LogP contribution is -2.13. The Labute approximate surface area is 139 Å². The van der Waals surface area contributed by atoms with Crippen molar-refractivity contribution in [2.24, 2.45) is 0 Å². The van der Waals surface area contributed by atoms with Crippen molar-refractivity contribution in [3.63, 3.8) is 0 Å². The quantitative estimate of drug-likeness (QED) is 0.788. The van der Waals surface area contributed by atoms with Gasteiger partial charge in [0.1, 0.15) is 0 Å². The molecular weight excluding hydrogens is 334 g/mol. The van der Waals surface area contributed by atoms with Crippen molar-refractivity contribution < 1.29 is 8.42 Å². The van der Waals surface area contributed by atoms with E-state index in [0.717, 1.165) is 15.2 Å². The van der Waals surface area contributed by atoms with E-state index in [9.17, 15) is 8.42 Å². The molecule has 7 heteroatoms. The van der Waals surface area contributed by atoms with E-state index in [-0.39, 0.29) is 10.7 Å². The first-order valence-electron chi connectivity index (χ1n) is 6.81. The number of aromatic nitrogens is 2. The van der Waals surface area contributed by atoms with Crippen LogP contribution in [0.2, 0.25) is 5.02 Å². The molecule has 5 nitrogen and oxygen atoms in total. The second-order valence-corrected chi connectivity index (χ2v) is 7.36. The second-order valence-electron chi connectivity index (χ2n) is 5.13. The zero-order valence-corrected chi connectivity index (χ0v) is 13.8. The summed E-state index contributed by atoms with van der Waals surface area (Å²) < 4.78 is 26.1. The Morgan fingerprint density at radius 1 is 1.04 bits per heavy atom. The molecule has 0 unspecified atom stereocenters. The molecule has 3 aromatic rings. The number of benzene rings is 2. The van der Waals surface area contributed by atoms with Crippen molar-refractivity contribution in [2.45, 2.75) is 11.8 Å². The molecule has 118 valence electrons. The van der Waals surface area contributed by atoms with Crippen LogP contribution >= 0.6 is 11.6 Å². The van der Waals surface area contributed by atoms with Crippen molar-refractivity contribution in [2.75, 3.05) is 5.73 Å². The van der Waals surface area contributed by atoms with Crippen LogP contribution in [-0.4, -0.2) is 17.6 Å². The van der Waals surface area contributed by atoms with Gasteiger partial charge in [0.05, 0.1) is 11.1 Å². The Morgan fingerprint density at radius 2 is 1.65 bits per heavy atom. The van der Waals surface area contributed by atoms with E-state index in [0.29, 0.717) is 10.6 Å². The van der Waals surface area contributed by atoms with E-state index >= 15 is 0 Å². The minimum atomic E-state index is -3.81. The zero-order valence-electron chi connectivity index (χ0n) is 12.3. The fourth-order valence-electron chi connectivity index (χ4n) is 2.16. The Balaban J connectivity index is 2.06. The predicted molar refractivity (Wildman–Crippen MR) is 90.8 cm³/mol. The molecule has 3 rings (SSSR count). The van der Waals surface area contributed by atoms with Crippen LogP contribution in [0.5, 0.6) is 0 Å². The molecule has 0 saturated heterocycles. The zero-order chi connectivity index (χ0) is 16.6. The van der Waals surface area contributed by atoms with Gasteiger partial charge in [-0.3, -0.25) is 0 Å². The molecule has 0 aliphatic carbocycles. The predicted octanol–water partition coefficient (Wildman–Crippen LogP) is 3.33. The largest absolute Gasteiger partial charge is 0.382 e. The molecule has 0 radical (unpaired) electrons. The SMILES string of the molecule is Cc1ccc(-c2cn(S(=O)(=O)c3ccc(Cl)cc3)nc2N)cc1. The molecule has 2 aromatic carbocycles. The van der Waals surface area contributed by atoms with Crippen LogP contribution in [0.25, 0.3) is 11.1 Å². The number of aryl methyl sites for hydroxylation is 1. The molecule has 1 heterocycles. The van der Waals surface area contributed by atoms with Gasteiger partial charge in [-0.05, 0) is 36.8 Å². The van der Waals surface area contributed by atoms with Gasteiger partial charge in [-0.1, -0.05) is 41.4 Å². The Hall–Kier alpha value is -2.31. The van der Waals surface area contributed by atoms with Gasteiger partial charge in [-0.2, -0.15) is 12.5 Å². The van der Waals surface area contributed by atoms with Crippen molar-refractivity contribution in [3.8, 4) is 11.1 Å². The van der Waals surface area contributed by atoms with Gasteiger partial charge in [0.2, 0.25) is 0 Å². The van der Waals surface area contributed by atoms with Gasteiger partial charge in [-0.15, -0.1) is 5.10 Å². The number of nitrogens with zero attached hydrogens (tertiary/aromatic N) is 2. The van der Waals surface area contributed by atoms with Crippen molar-refractivity contribution in [1.29, 1.82) is 0 Å². The maximum Gasteiger partial charge on any atom is 0.283 e. The molecule has 1 aromatic heterocycles. The van der Waals surface area contributed by atoms with E-state index < -0.39 is 10.0 Å². The third kappa shape index (κ3) is 2.95. The summed E-state index contributed by atoms with van der Waals surface area (Å²) in [6.45, 7) is 1.97. The topological polar surface area (TPSA) is 78.0 Å². The average molecular weight is 348 g/mol. The fraction of sp³-hybridized carbons (Fsp3) is 0.0625. The van der Waals surface area contributed by atoms with Gasteiger partial charge in [-0.25, -0.2) is 0 Å². The summed E-state index contributed by atoms with van der Waals surface area (Å²) in [5.41, 5.74) is 8.38. The molecule has 0 atom stereocenters. The summed E-state index contributed by atoms with van der Waals surface area (Å²) in [6, 6.07) is 13.5. The minimum absolute atomic E-state index is 0.0971. The molecule has 23 heavy (non-hydrogen) atoms. The lowest BCUT2D eigenvalue weighted by atomic mass is 10.1. The van der Waals surface area contributed by atoms with Crippen molar-refractivity contribution in [1.82, 2.24) is 9.19 Å². The molecular formula is C16H14ClN3O2S. The third-order valence-electron chi connectivity index (χ3n) is 3.44. The summed E-state index contributed by atoms with van der Waals surface area (Å²) in [5.74, 6) is 0.159. The summed E-state index contributed by atoms with van der Waals surface area (Å²) in [6.07, 6.45) is 1.42. The fourth-order valence-corrected chi connectivity index (χ4v) is 3.42. The number of hydrogen-bond donors (Lipinski definition) is 1. The highest BCUT2D eigenvalue weighted by Crippen LogP contribution is 2.27. The lowest BCUT2D eigenvalue weighted by molar-refractivity contribution is 0.580. The van der Waals surface area contributed by atoms with Crippen LogP contribution in [-0.2, 0) is 10.0 Å². The first-order chi connectivity index (χ1) is 10.9. The molecule has 2 N–H and O–H groups in total. The number of anilines is 1. The van der Waals surface area contributed by atoms with Gasteiger partial charge in [0, 0.05) is 10.6 Å². The van der Waals surface area contributed by atoms with Crippen LogP contribution in [0.1, 0.15) is 5.56 Å². The number of nitrogen functional groups attached to an aromatic ring is 1. The highest BCUT2D eigenvalue weighted by Gasteiger charge is 2.20. The molecule has 0 aliphatic rings. The van der Waals surface area contributed by atoms with Gasteiger partial charge in [0.25, 0.3) is 10.0 Å². The van der Waals surface area contributed by atoms with Gasteiger partial charge >= 0.3 is 0 Å². The highest BCUT2D eigenvalue weighted by atomic mass is 35.5. The Kier molecular flexibility index (Phi) is 3.87. The maximum atomic E-state index is 12.6. The summed E-state index contributed by atoms with van der Waals surface area (Å²) >= 11 is 5.79. The van der Waals surface area contributed by atoms with Gasteiger partial charge < -0.3 is 5.73 Å². The van der Waals surface area contributed by atoms with E-state index in [1.807, 2.05) is 31.2 Å². The molecule has 0 aliphatic heterocycles. The van der Waals surface area contributed by atoms with E-state index in [2.05, 4.69) is 5.10 Å². The van der Waals surface area contributed by atoms with Crippen molar-refractivity contribution in [3.05, 3.63) is 65.3 Å². The van der Waals surface area contributed by atoms with Crippen LogP contribution in [0, 0.1) is 6.92 Å². The summed E-state index contributed by atoms with van der Waals surface area (Å²) in [5, 5.41) is 4.42. The summed E-state index contributed by atoms with van der Waals surface area (Å²) in [4.78, 5) is 0.0971.